The molecule has 0 atom stereocenters. The molecule has 0 unspecified atom stereocenters. The molecule has 0 aliphatic carbocycles. The van der Waals surface area contributed by atoms with E-state index in [1.165, 1.54) is 4.90 Å². The maximum atomic E-state index is 12.6. The van der Waals surface area contributed by atoms with E-state index in [-0.39, 0.29) is 11.5 Å². The third-order valence-electron chi connectivity index (χ3n) is 3.09. The van der Waals surface area contributed by atoms with E-state index in [1.54, 1.807) is 20.0 Å². The zero-order valence-electron chi connectivity index (χ0n) is 11.7. The molecule has 1 aromatic carbocycles. The molecule has 0 aliphatic rings. The Kier molecular flexibility index (Phi) is 4.62. The number of halogens is 1. The van der Waals surface area contributed by atoms with Crippen LogP contribution in [0, 0.1) is 17.4 Å². The van der Waals surface area contributed by atoms with E-state index in [4.69, 9.17) is 0 Å². The number of amides is 1. The van der Waals surface area contributed by atoms with Gasteiger partial charge in [-0.1, -0.05) is 12.1 Å². The molecule has 110 valence electrons. The quantitative estimate of drug-likeness (QED) is 0.780. The molecular weight excluding hydrogens is 403 g/mol. The van der Waals surface area contributed by atoms with E-state index in [1.807, 2.05) is 19.1 Å². The zero-order chi connectivity index (χ0) is 15.7. The molecule has 0 fully saturated rings. The van der Waals surface area contributed by atoms with Gasteiger partial charge in [-0.05, 0) is 59.6 Å². The van der Waals surface area contributed by atoms with Gasteiger partial charge in [0.15, 0.2) is 0 Å². The lowest BCUT2D eigenvalue weighted by Crippen LogP contribution is -2.27. The predicted octanol–water partition coefficient (Wildman–Crippen LogP) is 3.34. The molecule has 2 aromatic rings. The molecule has 1 amide bonds. The highest BCUT2D eigenvalue weighted by Gasteiger charge is 2.25. The third-order valence-corrected chi connectivity index (χ3v) is 5.54. The largest absolute Gasteiger partial charge is 0.478 e. The standard InChI is InChI=1S/C14H13IN2O3S/c1-7-5-4-6-9(11(7)15)12(18)17(3)13-10(14(19)20)8(2)16-21-13/h4-6H,1-3H3,(H,19,20). The number of benzene rings is 1. The summed E-state index contributed by atoms with van der Waals surface area (Å²) in [4.78, 5) is 25.3. The summed E-state index contributed by atoms with van der Waals surface area (Å²) in [5, 5.41) is 9.61. The van der Waals surface area contributed by atoms with Crippen molar-refractivity contribution >= 4 is 51.0 Å². The first kappa shape index (κ1) is 15.9. The van der Waals surface area contributed by atoms with Gasteiger partial charge in [-0.15, -0.1) is 0 Å². The van der Waals surface area contributed by atoms with Gasteiger partial charge in [-0.2, -0.15) is 4.37 Å². The Morgan fingerprint density at radius 3 is 2.62 bits per heavy atom. The van der Waals surface area contributed by atoms with Crippen LogP contribution < -0.4 is 4.90 Å². The minimum Gasteiger partial charge on any atom is -0.478 e. The van der Waals surface area contributed by atoms with Gasteiger partial charge in [0.25, 0.3) is 5.91 Å². The minimum absolute atomic E-state index is 0.0820. The maximum Gasteiger partial charge on any atom is 0.340 e. The fourth-order valence-corrected chi connectivity index (χ4v) is 3.36. The number of rotatable bonds is 3. The highest BCUT2D eigenvalue weighted by molar-refractivity contribution is 14.1. The van der Waals surface area contributed by atoms with Crippen molar-refractivity contribution in [1.82, 2.24) is 4.37 Å². The molecule has 0 spiro atoms. The summed E-state index contributed by atoms with van der Waals surface area (Å²) < 4.78 is 4.91. The number of aromatic nitrogens is 1. The number of aromatic carboxylic acids is 1. The molecule has 0 saturated carbocycles. The lowest BCUT2D eigenvalue weighted by molar-refractivity contribution is 0.0697. The third kappa shape index (κ3) is 2.93. The second-order valence-electron chi connectivity index (χ2n) is 4.55. The number of carboxylic acids is 1. The van der Waals surface area contributed by atoms with Crippen LogP contribution in [0.1, 0.15) is 32.0 Å². The highest BCUT2D eigenvalue weighted by atomic mass is 127. The average Bonchev–Trinajstić information content (AvgIpc) is 2.82. The predicted molar refractivity (Wildman–Crippen MR) is 90.4 cm³/mol. The van der Waals surface area contributed by atoms with Crippen LogP contribution in [-0.4, -0.2) is 28.4 Å². The van der Waals surface area contributed by atoms with Crippen LogP contribution in [-0.2, 0) is 0 Å². The summed E-state index contributed by atoms with van der Waals surface area (Å²) in [5.41, 5.74) is 2.06. The van der Waals surface area contributed by atoms with Gasteiger partial charge in [-0.3, -0.25) is 4.79 Å². The monoisotopic (exact) mass is 416 g/mol. The first-order valence-electron chi connectivity index (χ1n) is 6.07. The van der Waals surface area contributed by atoms with Crippen LogP contribution in [0.15, 0.2) is 18.2 Å². The van der Waals surface area contributed by atoms with Crippen molar-refractivity contribution in [3.63, 3.8) is 0 Å². The van der Waals surface area contributed by atoms with Crippen LogP contribution in [0.2, 0.25) is 0 Å². The van der Waals surface area contributed by atoms with Crippen molar-refractivity contribution in [2.45, 2.75) is 13.8 Å². The van der Waals surface area contributed by atoms with Crippen LogP contribution >= 0.6 is 34.1 Å². The number of hydrogen-bond acceptors (Lipinski definition) is 4. The summed E-state index contributed by atoms with van der Waals surface area (Å²) in [5.74, 6) is -1.32. The fourth-order valence-electron chi connectivity index (χ4n) is 1.92. The van der Waals surface area contributed by atoms with Gasteiger partial charge in [0.1, 0.15) is 10.6 Å². The molecule has 0 aliphatic heterocycles. The Labute approximate surface area is 139 Å². The molecule has 1 N–H and O–H groups in total. The Bertz CT molecular complexity index is 727. The number of nitrogens with zero attached hydrogens (tertiary/aromatic N) is 2. The molecule has 0 radical (unpaired) electrons. The second-order valence-corrected chi connectivity index (χ2v) is 6.38. The van der Waals surface area contributed by atoms with E-state index in [0.717, 1.165) is 20.7 Å². The molecular formula is C14H13IN2O3S. The molecule has 0 saturated heterocycles. The normalized spacial score (nSPS) is 10.5. The molecule has 2 rings (SSSR count). The van der Waals surface area contributed by atoms with Crippen molar-refractivity contribution in [2.24, 2.45) is 0 Å². The maximum absolute atomic E-state index is 12.6. The first-order valence-corrected chi connectivity index (χ1v) is 7.92. The Morgan fingerprint density at radius 2 is 2.00 bits per heavy atom. The van der Waals surface area contributed by atoms with Gasteiger partial charge in [0.05, 0.1) is 11.3 Å². The topological polar surface area (TPSA) is 70.5 Å². The number of aryl methyl sites for hydroxylation is 2. The van der Waals surface area contributed by atoms with E-state index in [2.05, 4.69) is 27.0 Å². The Morgan fingerprint density at radius 1 is 1.33 bits per heavy atom. The van der Waals surface area contributed by atoms with Crippen LogP contribution in [0.3, 0.4) is 0 Å². The number of carbonyl (C=O) groups excluding carboxylic acids is 1. The molecule has 1 aromatic heterocycles. The van der Waals surface area contributed by atoms with Gasteiger partial charge < -0.3 is 10.0 Å². The van der Waals surface area contributed by atoms with Crippen molar-refractivity contribution in [1.29, 1.82) is 0 Å². The summed E-state index contributed by atoms with van der Waals surface area (Å²) in [6, 6.07) is 5.48. The number of hydrogen-bond donors (Lipinski definition) is 1. The lowest BCUT2D eigenvalue weighted by Gasteiger charge is -2.17. The number of carbonyl (C=O) groups is 2. The minimum atomic E-state index is -1.07. The average molecular weight is 416 g/mol. The van der Waals surface area contributed by atoms with Crippen LogP contribution in [0.5, 0.6) is 0 Å². The first-order chi connectivity index (χ1) is 9.84. The summed E-state index contributed by atoms with van der Waals surface area (Å²) in [6.07, 6.45) is 0. The second kappa shape index (κ2) is 6.10. The lowest BCUT2D eigenvalue weighted by atomic mass is 10.1. The van der Waals surface area contributed by atoms with Crippen molar-refractivity contribution in [3.8, 4) is 0 Å². The van der Waals surface area contributed by atoms with Gasteiger partial charge >= 0.3 is 5.97 Å². The zero-order valence-corrected chi connectivity index (χ0v) is 14.7. The fraction of sp³-hybridized carbons (Fsp3) is 0.214. The van der Waals surface area contributed by atoms with E-state index in [9.17, 15) is 14.7 Å². The summed E-state index contributed by atoms with van der Waals surface area (Å²) >= 11 is 3.14. The summed E-state index contributed by atoms with van der Waals surface area (Å²) in [6.45, 7) is 3.55. The summed E-state index contributed by atoms with van der Waals surface area (Å²) in [7, 11) is 1.57. The molecule has 7 heteroatoms. The number of carboxylic acid groups (broad SMARTS) is 1. The SMILES string of the molecule is Cc1cccc(C(=O)N(C)c2snc(C)c2C(=O)O)c1I. The van der Waals surface area contributed by atoms with Crippen molar-refractivity contribution < 1.29 is 14.7 Å². The van der Waals surface area contributed by atoms with Crippen LogP contribution in [0.25, 0.3) is 0 Å². The van der Waals surface area contributed by atoms with E-state index in [0.29, 0.717) is 16.3 Å². The van der Waals surface area contributed by atoms with Gasteiger partial charge in [0, 0.05) is 10.6 Å². The van der Waals surface area contributed by atoms with E-state index < -0.39 is 5.97 Å². The van der Waals surface area contributed by atoms with Crippen LogP contribution in [0.4, 0.5) is 5.00 Å². The highest BCUT2D eigenvalue weighted by Crippen LogP contribution is 2.29. The molecule has 21 heavy (non-hydrogen) atoms. The smallest absolute Gasteiger partial charge is 0.340 e. The molecule has 0 bridgehead atoms. The van der Waals surface area contributed by atoms with Crippen molar-refractivity contribution in [2.75, 3.05) is 11.9 Å². The Hall–Kier alpha value is -1.48. The van der Waals surface area contributed by atoms with Gasteiger partial charge in [0.2, 0.25) is 0 Å². The van der Waals surface area contributed by atoms with E-state index >= 15 is 0 Å². The Balaban J connectivity index is 2.45. The van der Waals surface area contributed by atoms with Gasteiger partial charge in [-0.25, -0.2) is 4.79 Å². The molecule has 1 heterocycles. The number of anilines is 1. The van der Waals surface area contributed by atoms with Crippen molar-refractivity contribution in [3.05, 3.63) is 44.2 Å². The molecule has 5 nitrogen and oxygen atoms in total.